The molecule has 17 nitrogen and oxygen atoms in total. The van der Waals surface area contributed by atoms with Gasteiger partial charge in [0, 0.05) is 0 Å². The van der Waals surface area contributed by atoms with Crippen LogP contribution in [0.1, 0.15) is 11.6 Å². The first-order chi connectivity index (χ1) is 20.9. The first kappa shape index (κ1) is 31.6. The molecule has 2 fully saturated rings. The highest BCUT2D eigenvalue weighted by Gasteiger charge is 2.55. The van der Waals surface area contributed by atoms with Gasteiger partial charge in [-0.25, -0.2) is 28.7 Å². The van der Waals surface area contributed by atoms with Crippen molar-refractivity contribution in [3.63, 3.8) is 0 Å². The number of anilines is 2. The Bertz CT molecular complexity index is 1850. The Kier molecular flexibility index (Phi) is 8.68. The van der Waals surface area contributed by atoms with Crippen LogP contribution < -0.4 is 17.0 Å². The third-order valence-electron chi connectivity index (χ3n) is 7.13. The number of aliphatic hydroxyl groups is 1. The van der Waals surface area contributed by atoms with Crippen LogP contribution in [0.15, 0.2) is 23.8 Å². The number of aliphatic hydroxyl groups excluding tert-OH is 1. The van der Waals surface area contributed by atoms with Gasteiger partial charge in [-0.1, -0.05) is 0 Å². The number of aromatic amines is 1. The number of ether oxygens (including phenoxy) is 1. The third kappa shape index (κ3) is 5.50. The largest absolute Gasteiger partial charge is 0.582 e. The average molecular weight is 712 g/mol. The van der Waals surface area contributed by atoms with Crippen molar-refractivity contribution >= 4 is 83.6 Å². The molecule has 0 aromatic carbocycles. The summed E-state index contributed by atoms with van der Waals surface area (Å²) < 4.78 is 62.8. The van der Waals surface area contributed by atoms with E-state index < -0.39 is 79.6 Å². The summed E-state index contributed by atoms with van der Waals surface area (Å²) in [5, 5.41) is 7.77. The monoisotopic (exact) mass is 711 g/mol. The van der Waals surface area contributed by atoms with Gasteiger partial charge in [0.05, 0.1) is 42.2 Å². The van der Waals surface area contributed by atoms with E-state index in [2.05, 4.69) is 42.2 Å². The Balaban J connectivity index is 1.29. The number of hydrogen-bond donors (Lipinski definition) is 6. The van der Waals surface area contributed by atoms with Crippen LogP contribution in [0.25, 0.3) is 22.3 Å². The van der Waals surface area contributed by atoms with E-state index in [0.29, 0.717) is 0 Å². The Morgan fingerprint density at radius 1 is 1.18 bits per heavy atom. The fourth-order valence-electron chi connectivity index (χ4n) is 5.16. The molecule has 44 heavy (non-hydrogen) atoms. The van der Waals surface area contributed by atoms with E-state index in [4.69, 9.17) is 37.1 Å². The van der Waals surface area contributed by atoms with Crippen molar-refractivity contribution in [2.45, 2.75) is 47.1 Å². The number of hydrogen-bond acceptors (Lipinski definition) is 15. The van der Waals surface area contributed by atoms with Crippen molar-refractivity contribution in [1.82, 2.24) is 39.0 Å². The molecule has 0 spiro atoms. The molecule has 24 heteroatoms. The lowest BCUT2D eigenvalue weighted by Gasteiger charge is -2.30. The number of nitrogens with zero attached hydrogens (tertiary/aromatic N) is 7. The summed E-state index contributed by atoms with van der Waals surface area (Å²) in [6.07, 6.45) is -4.49. The first-order valence-electron chi connectivity index (χ1n) is 12.6. The van der Waals surface area contributed by atoms with Crippen molar-refractivity contribution in [2.24, 2.45) is 0 Å². The third-order valence-corrected chi connectivity index (χ3v) is 12.5. The van der Waals surface area contributed by atoms with Gasteiger partial charge in [0.15, 0.2) is 47.6 Å². The Morgan fingerprint density at radius 2 is 1.91 bits per heavy atom. The fraction of sp³-hybridized carbons (Fsp3) is 0.500. The van der Waals surface area contributed by atoms with Crippen LogP contribution in [0.2, 0.25) is 0 Å². The first-order valence-corrected chi connectivity index (χ1v) is 18.6. The van der Waals surface area contributed by atoms with Gasteiger partial charge < -0.3 is 35.3 Å². The number of thioether (sulfide) groups is 1. The highest BCUT2D eigenvalue weighted by molar-refractivity contribution is 8.39. The minimum absolute atomic E-state index is 0.000159. The number of nitrogens with one attached hydrogen (secondary N) is 1. The molecule has 4 aromatic rings. The lowest BCUT2D eigenvalue weighted by Crippen LogP contribution is -2.34. The number of nitrogens with two attached hydrogens (primary N) is 2. The number of aromatic nitrogens is 8. The zero-order valence-electron chi connectivity index (χ0n) is 21.9. The molecule has 10 atom stereocenters. The number of thiol groups is 1. The molecule has 0 bridgehead atoms. The minimum atomic E-state index is -4.18. The standard InChI is InChI=1S/C20H22F2N10O7P2S3/c21-8-7(1-33)44-19(32-5-28-11-16(32)29-20(24)30-17(11)34)13(8)41(36,43)37-2-6-12(39-40(35)42)9(22)18(38-6)31-4-27-10-14(23)25-3-26-15(10)31/h3-9,12-13,18-19,33H,1-2H2,(H6-,23,24,25,26,29,30,34,35,36,42,43)/p+1. The lowest BCUT2D eigenvalue weighted by molar-refractivity contribution is -0.0385. The normalized spacial score (nSPS) is 30.7. The molecule has 0 amide bonds. The molecule has 10 unspecified atom stereocenters. The van der Waals surface area contributed by atoms with E-state index in [1.54, 1.807) is 0 Å². The van der Waals surface area contributed by atoms with Gasteiger partial charge in [0.25, 0.3) is 5.56 Å². The second-order valence-electron chi connectivity index (χ2n) is 9.72. The maximum Gasteiger partial charge on any atom is 0.582 e. The van der Waals surface area contributed by atoms with Gasteiger partial charge >= 0.3 is 7.23 Å². The van der Waals surface area contributed by atoms with E-state index in [0.717, 1.165) is 18.1 Å². The SMILES string of the molecule is Nc1nc2c(ncn2C2SC(CO)C(F)C2P(O)(=S)OCC2OC(n3cnc4c(N)ncnc43)C(F)C2O[P+](=O)S)c(=O)[nH]1. The maximum absolute atomic E-state index is 15.8. The molecular weight excluding hydrogens is 688 g/mol. The smallest absolute Gasteiger partial charge is 0.395 e. The average Bonchev–Trinajstić information content (AvgIpc) is 3.72. The number of imidazole rings is 2. The zero-order valence-corrected chi connectivity index (χ0v) is 26.2. The van der Waals surface area contributed by atoms with Crippen LogP contribution in [0.3, 0.4) is 0 Å². The van der Waals surface area contributed by atoms with Crippen molar-refractivity contribution in [1.29, 1.82) is 0 Å². The molecule has 4 aromatic heterocycles. The summed E-state index contributed by atoms with van der Waals surface area (Å²) in [7, 11) is -2.63. The van der Waals surface area contributed by atoms with Crippen LogP contribution in [-0.4, -0.2) is 97.7 Å². The van der Waals surface area contributed by atoms with Gasteiger partial charge in [0.1, 0.15) is 36.4 Å². The van der Waals surface area contributed by atoms with E-state index in [1.165, 1.54) is 21.8 Å². The van der Waals surface area contributed by atoms with E-state index in [-0.39, 0.29) is 34.1 Å². The van der Waals surface area contributed by atoms with Crippen molar-refractivity contribution in [3.8, 4) is 0 Å². The number of halogens is 2. The van der Waals surface area contributed by atoms with Crippen LogP contribution in [0, 0.1) is 0 Å². The fourth-order valence-corrected chi connectivity index (χ4v) is 10.8. The van der Waals surface area contributed by atoms with Gasteiger partial charge in [-0.05, 0) is 16.4 Å². The van der Waals surface area contributed by atoms with Crippen LogP contribution >= 0.6 is 37.7 Å². The number of H-pyrrole nitrogens is 1. The molecule has 6 heterocycles. The van der Waals surface area contributed by atoms with E-state index in [9.17, 15) is 19.4 Å². The van der Waals surface area contributed by atoms with Gasteiger partial charge in [0.2, 0.25) is 5.95 Å². The molecule has 2 aliphatic rings. The molecule has 6 rings (SSSR count). The summed E-state index contributed by atoms with van der Waals surface area (Å²) in [5.74, 6) is -0.172. The quantitative estimate of drug-likeness (QED) is 0.105. The molecule has 2 saturated heterocycles. The van der Waals surface area contributed by atoms with Crippen molar-refractivity contribution in [2.75, 3.05) is 24.7 Å². The maximum atomic E-state index is 15.8. The number of nitrogen functional groups attached to an aromatic ring is 2. The summed E-state index contributed by atoms with van der Waals surface area (Å²) in [6, 6.07) is 0. The Labute approximate surface area is 260 Å². The molecular formula is C20H23F2N10O7P2S3+. The Hall–Kier alpha value is -2.39. The summed E-state index contributed by atoms with van der Waals surface area (Å²) in [4.78, 5) is 46.2. The molecule has 0 aliphatic carbocycles. The molecule has 7 N–H and O–H groups in total. The number of rotatable bonds is 9. The van der Waals surface area contributed by atoms with Crippen LogP contribution in [0.4, 0.5) is 20.5 Å². The molecule has 0 saturated carbocycles. The predicted octanol–water partition coefficient (Wildman–Crippen LogP) is 0.963. The van der Waals surface area contributed by atoms with E-state index in [1.807, 2.05) is 0 Å². The lowest BCUT2D eigenvalue weighted by atomic mass is 10.1. The summed E-state index contributed by atoms with van der Waals surface area (Å²) >= 11 is 10.1. The van der Waals surface area contributed by atoms with Crippen LogP contribution in [-0.2, 0) is 30.2 Å². The highest BCUT2D eigenvalue weighted by Crippen LogP contribution is 2.63. The topological polar surface area (TPSA) is 244 Å². The van der Waals surface area contributed by atoms with Crippen LogP contribution in [0.5, 0.6) is 0 Å². The Morgan fingerprint density at radius 3 is 2.64 bits per heavy atom. The van der Waals surface area contributed by atoms with Crippen molar-refractivity contribution in [3.05, 3.63) is 29.3 Å². The minimum Gasteiger partial charge on any atom is -0.395 e. The zero-order chi connectivity index (χ0) is 31.5. The highest BCUT2D eigenvalue weighted by atomic mass is 32.7. The number of alkyl halides is 2. The second-order valence-corrected chi connectivity index (χ2v) is 16.3. The molecule has 236 valence electrons. The van der Waals surface area contributed by atoms with Gasteiger partial charge in [-0.3, -0.25) is 14.3 Å². The summed E-state index contributed by atoms with van der Waals surface area (Å²) in [5.41, 5.74) is 9.69. The van der Waals surface area contributed by atoms with Crippen molar-refractivity contribution < 1.29 is 37.1 Å². The van der Waals surface area contributed by atoms with Gasteiger partial charge in [-0.2, -0.15) is 4.98 Å². The molecule has 0 radical (unpaired) electrons. The second kappa shape index (κ2) is 12.1. The predicted molar refractivity (Wildman–Crippen MR) is 161 cm³/mol. The van der Waals surface area contributed by atoms with E-state index >= 15 is 8.78 Å². The number of fused-ring (bicyclic) bond motifs is 2. The summed E-state index contributed by atoms with van der Waals surface area (Å²) in [6.45, 7) is -5.40. The molecule has 2 aliphatic heterocycles. The van der Waals surface area contributed by atoms with Gasteiger partial charge in [-0.15, -0.1) is 16.3 Å².